The summed E-state index contributed by atoms with van der Waals surface area (Å²) in [6.07, 6.45) is 0. The zero-order chi connectivity index (χ0) is 5.70. The molecule has 0 aromatic rings. The number of hydrogen-bond acceptors (Lipinski definition) is 1. The predicted molar refractivity (Wildman–Crippen MR) is 48.5 cm³/mol. The van der Waals surface area contributed by atoms with Gasteiger partial charge in [-0.1, -0.05) is 20.8 Å². The monoisotopic (exact) mass is 221 g/mol. The van der Waals surface area contributed by atoms with E-state index in [9.17, 15) is 0 Å². The van der Waals surface area contributed by atoms with Crippen LogP contribution in [0.1, 0.15) is 20.8 Å². The zero-order valence-electron chi connectivity index (χ0n) is 8.02. The Balaban J connectivity index is -0.0000000120. The first-order valence-corrected chi connectivity index (χ1v) is 3.07. The molecule has 0 N–H and O–H groups in total. The summed E-state index contributed by atoms with van der Waals surface area (Å²) in [6.45, 7) is 10.1. The van der Waals surface area contributed by atoms with Crippen molar-refractivity contribution in [1.82, 2.24) is 4.90 Å². The molecule has 0 bridgehead atoms. The summed E-state index contributed by atoms with van der Waals surface area (Å²) < 4.78 is 0. The molecule has 0 saturated carbocycles. The zero-order valence-corrected chi connectivity index (χ0v) is 8.02. The molecule has 0 unspecified atom stereocenters. The maximum Gasteiger partial charge on any atom is -0.00474 e. The van der Waals surface area contributed by atoms with E-state index in [1.54, 1.807) is 0 Å². The minimum atomic E-state index is 0. The van der Waals surface area contributed by atoms with Crippen molar-refractivity contribution in [3.05, 3.63) is 0 Å². The Bertz CT molecular complexity index is 38.6. The maximum atomic E-state index is 2.38. The van der Waals surface area contributed by atoms with Crippen LogP contribution in [0.5, 0.6) is 0 Å². The molecule has 7 heteroatoms. The SMILES string of the molecule is CCN(CC)CC.F.F.F.F.F.F. The van der Waals surface area contributed by atoms with Gasteiger partial charge in [-0.25, -0.2) is 0 Å². The first-order valence-electron chi connectivity index (χ1n) is 3.07. The van der Waals surface area contributed by atoms with E-state index < -0.39 is 0 Å². The second-order valence-electron chi connectivity index (χ2n) is 1.62. The van der Waals surface area contributed by atoms with Gasteiger partial charge in [-0.05, 0) is 19.6 Å². The molecule has 0 aliphatic carbocycles. The molecule has 92 valence electrons. The first kappa shape index (κ1) is 54.4. The molecule has 0 spiro atoms. The van der Waals surface area contributed by atoms with E-state index in [-0.39, 0.29) is 28.2 Å². The molecule has 0 radical (unpaired) electrons. The predicted octanol–water partition coefficient (Wildman–Crippen LogP) is 2.26. The average molecular weight is 221 g/mol. The lowest BCUT2D eigenvalue weighted by molar-refractivity contribution is 0.321. The minimum Gasteiger partial charge on any atom is -0.304 e. The van der Waals surface area contributed by atoms with Gasteiger partial charge >= 0.3 is 0 Å². The highest BCUT2D eigenvalue weighted by Crippen LogP contribution is 1.81. The van der Waals surface area contributed by atoms with Gasteiger partial charge in [-0.15, -0.1) is 0 Å². The molecule has 0 heterocycles. The lowest BCUT2D eigenvalue weighted by Gasteiger charge is -2.13. The third-order valence-electron chi connectivity index (χ3n) is 1.34. The van der Waals surface area contributed by atoms with Crippen molar-refractivity contribution in [2.45, 2.75) is 20.8 Å². The summed E-state index contributed by atoms with van der Waals surface area (Å²) in [5.74, 6) is 0. The molecule has 0 aromatic carbocycles. The van der Waals surface area contributed by atoms with Crippen LogP contribution in [0.25, 0.3) is 0 Å². The van der Waals surface area contributed by atoms with Crippen LogP contribution in [-0.4, -0.2) is 24.5 Å². The van der Waals surface area contributed by atoms with Gasteiger partial charge in [-0.3, -0.25) is 28.2 Å². The highest BCUT2D eigenvalue weighted by molar-refractivity contribution is 4.43. The van der Waals surface area contributed by atoms with E-state index in [0.717, 1.165) is 0 Å². The van der Waals surface area contributed by atoms with Crippen molar-refractivity contribution in [1.29, 1.82) is 0 Å². The molecule has 0 aliphatic heterocycles. The van der Waals surface area contributed by atoms with Crippen LogP contribution in [0.3, 0.4) is 0 Å². The minimum absolute atomic E-state index is 0. The Morgan fingerprint density at radius 1 is 0.538 bits per heavy atom. The fourth-order valence-corrected chi connectivity index (χ4v) is 0.671. The Morgan fingerprint density at radius 3 is 0.692 bits per heavy atom. The van der Waals surface area contributed by atoms with Gasteiger partial charge in [0.25, 0.3) is 0 Å². The second-order valence-corrected chi connectivity index (χ2v) is 1.62. The largest absolute Gasteiger partial charge is 0.304 e. The smallest absolute Gasteiger partial charge is 0.00474 e. The number of halogens is 6. The fraction of sp³-hybridized carbons (Fsp3) is 1.00. The lowest BCUT2D eigenvalue weighted by Crippen LogP contribution is -2.21. The van der Waals surface area contributed by atoms with Gasteiger partial charge in [0.1, 0.15) is 0 Å². The molecular weight excluding hydrogens is 200 g/mol. The van der Waals surface area contributed by atoms with Crippen molar-refractivity contribution in [2.24, 2.45) is 0 Å². The van der Waals surface area contributed by atoms with Crippen LogP contribution in [0.4, 0.5) is 28.2 Å². The van der Waals surface area contributed by atoms with Crippen LogP contribution in [-0.2, 0) is 0 Å². The topological polar surface area (TPSA) is 3.24 Å². The highest BCUT2D eigenvalue weighted by atomic mass is 19.0. The molecule has 0 saturated heterocycles. The molecule has 0 fully saturated rings. The molecule has 0 aliphatic rings. The standard InChI is InChI=1S/C6H15N.6FH/c1-4-7(5-2)6-3;;;;;;/h4-6H2,1-3H3;6*1H. The van der Waals surface area contributed by atoms with Crippen LogP contribution in [0.15, 0.2) is 0 Å². The normalized spacial score (nSPS) is 5.54. The van der Waals surface area contributed by atoms with Crippen molar-refractivity contribution in [3.8, 4) is 0 Å². The van der Waals surface area contributed by atoms with Gasteiger partial charge in [0.15, 0.2) is 0 Å². The third kappa shape index (κ3) is 34.2. The van der Waals surface area contributed by atoms with Crippen molar-refractivity contribution < 1.29 is 28.2 Å². The maximum absolute atomic E-state index is 2.38. The summed E-state index contributed by atoms with van der Waals surface area (Å²) in [5, 5.41) is 0. The summed E-state index contributed by atoms with van der Waals surface area (Å²) >= 11 is 0. The van der Waals surface area contributed by atoms with Crippen molar-refractivity contribution in [2.75, 3.05) is 19.6 Å². The van der Waals surface area contributed by atoms with Gasteiger partial charge in [0.2, 0.25) is 0 Å². The number of rotatable bonds is 3. The van der Waals surface area contributed by atoms with Gasteiger partial charge in [-0.2, -0.15) is 0 Å². The molecule has 13 heavy (non-hydrogen) atoms. The average Bonchev–Trinajstić information content (AvgIpc) is 1.72. The molecule has 0 rings (SSSR count). The van der Waals surface area contributed by atoms with Crippen LogP contribution in [0.2, 0.25) is 0 Å². The number of nitrogens with zero attached hydrogens (tertiary/aromatic N) is 1. The Hall–Kier alpha value is -0.460. The Kier molecular flexibility index (Phi) is 175. The highest BCUT2D eigenvalue weighted by Gasteiger charge is 1.89. The summed E-state index contributed by atoms with van der Waals surface area (Å²) in [4.78, 5) is 2.38. The molecular formula is C6H21F6N. The van der Waals surface area contributed by atoms with E-state index in [1.807, 2.05) is 0 Å². The van der Waals surface area contributed by atoms with Crippen LogP contribution in [0, 0.1) is 0 Å². The van der Waals surface area contributed by atoms with E-state index >= 15 is 0 Å². The summed E-state index contributed by atoms with van der Waals surface area (Å²) in [6, 6.07) is 0. The van der Waals surface area contributed by atoms with Gasteiger partial charge in [0, 0.05) is 0 Å². The van der Waals surface area contributed by atoms with Gasteiger partial charge in [0.05, 0.1) is 0 Å². The first-order chi connectivity index (χ1) is 3.35. The molecule has 0 amide bonds. The van der Waals surface area contributed by atoms with E-state index in [4.69, 9.17) is 0 Å². The Morgan fingerprint density at radius 2 is 0.692 bits per heavy atom. The van der Waals surface area contributed by atoms with Crippen LogP contribution < -0.4 is 0 Å². The summed E-state index contributed by atoms with van der Waals surface area (Å²) in [5.41, 5.74) is 0. The third-order valence-corrected chi connectivity index (χ3v) is 1.34. The molecule has 0 aromatic heterocycles. The van der Waals surface area contributed by atoms with E-state index in [0.29, 0.717) is 0 Å². The second kappa shape index (κ2) is 41.8. The lowest BCUT2D eigenvalue weighted by atomic mass is 10.5. The fourth-order valence-electron chi connectivity index (χ4n) is 0.671. The van der Waals surface area contributed by atoms with Crippen molar-refractivity contribution in [3.63, 3.8) is 0 Å². The van der Waals surface area contributed by atoms with Crippen molar-refractivity contribution >= 4 is 0 Å². The van der Waals surface area contributed by atoms with Gasteiger partial charge < -0.3 is 4.90 Å². The molecule has 0 atom stereocenters. The summed E-state index contributed by atoms with van der Waals surface area (Å²) in [7, 11) is 0. The van der Waals surface area contributed by atoms with E-state index in [2.05, 4.69) is 25.7 Å². The van der Waals surface area contributed by atoms with Crippen LogP contribution >= 0.6 is 0 Å². The molecule has 1 nitrogen and oxygen atoms in total. The quantitative estimate of drug-likeness (QED) is 0.661. The Labute approximate surface area is 74.7 Å². The number of hydrogen-bond donors (Lipinski definition) is 0. The van der Waals surface area contributed by atoms with E-state index in [1.165, 1.54) is 19.6 Å².